The van der Waals surface area contributed by atoms with E-state index in [1.54, 1.807) is 7.05 Å². The van der Waals surface area contributed by atoms with Gasteiger partial charge >= 0.3 is 0 Å². The first-order valence-electron chi connectivity index (χ1n) is 9.58. The molecule has 0 aromatic carbocycles. The van der Waals surface area contributed by atoms with Gasteiger partial charge < -0.3 is 20.1 Å². The summed E-state index contributed by atoms with van der Waals surface area (Å²) in [6.45, 7) is 8.90. The molecule has 0 spiro atoms. The summed E-state index contributed by atoms with van der Waals surface area (Å²) in [5.74, 6) is 2.01. The minimum absolute atomic E-state index is 0.236. The largest absolute Gasteiger partial charge is 0.355 e. The van der Waals surface area contributed by atoms with E-state index in [2.05, 4.69) is 42.0 Å². The summed E-state index contributed by atoms with van der Waals surface area (Å²) in [4.78, 5) is 27.7. The molecule has 1 unspecified atom stereocenters. The van der Waals surface area contributed by atoms with Gasteiger partial charge in [0, 0.05) is 55.9 Å². The number of fused-ring (bicyclic) bond motifs is 1. The zero-order chi connectivity index (χ0) is 19.1. The van der Waals surface area contributed by atoms with Gasteiger partial charge in [0.2, 0.25) is 5.82 Å². The molecule has 1 fully saturated rings. The summed E-state index contributed by atoms with van der Waals surface area (Å²) >= 11 is 0. The van der Waals surface area contributed by atoms with Gasteiger partial charge in [-0.25, -0.2) is 15.0 Å². The smallest absolute Gasteiger partial charge is 0.288 e. The highest BCUT2D eigenvalue weighted by Gasteiger charge is 2.31. The summed E-state index contributed by atoms with van der Waals surface area (Å²) < 4.78 is 2.30. The Kier molecular flexibility index (Phi) is 4.59. The van der Waals surface area contributed by atoms with Crippen molar-refractivity contribution in [2.45, 2.75) is 52.2 Å². The molecule has 2 aliphatic rings. The Balaban J connectivity index is 1.48. The van der Waals surface area contributed by atoms with E-state index in [0.29, 0.717) is 12.1 Å². The predicted molar refractivity (Wildman–Crippen MR) is 103 cm³/mol. The Morgan fingerprint density at radius 2 is 2.00 bits per heavy atom. The molecule has 4 heterocycles. The highest BCUT2D eigenvalue weighted by Crippen LogP contribution is 2.29. The SMILES string of the molecule is CNC(=O)c1nc(C)c(C)c(N2CC[C@@H](NC3CCn4c(C)cnc43)C2)n1. The lowest BCUT2D eigenvalue weighted by Crippen LogP contribution is -2.35. The van der Waals surface area contributed by atoms with Crippen LogP contribution in [0.3, 0.4) is 0 Å². The second kappa shape index (κ2) is 6.92. The minimum Gasteiger partial charge on any atom is -0.355 e. The van der Waals surface area contributed by atoms with Crippen LogP contribution in [0.25, 0.3) is 0 Å². The third-order valence-electron chi connectivity index (χ3n) is 5.76. The molecule has 2 N–H and O–H groups in total. The van der Waals surface area contributed by atoms with Crippen LogP contribution >= 0.6 is 0 Å². The van der Waals surface area contributed by atoms with Gasteiger partial charge in [0.1, 0.15) is 11.6 Å². The normalized spacial score (nSPS) is 21.6. The molecule has 0 radical (unpaired) electrons. The Labute approximate surface area is 159 Å². The van der Waals surface area contributed by atoms with Crippen molar-refractivity contribution in [3.05, 3.63) is 34.8 Å². The second-order valence-electron chi connectivity index (χ2n) is 7.51. The van der Waals surface area contributed by atoms with E-state index in [1.165, 1.54) is 5.69 Å². The van der Waals surface area contributed by atoms with Gasteiger partial charge in [-0.3, -0.25) is 4.79 Å². The third-order valence-corrected chi connectivity index (χ3v) is 5.76. The van der Waals surface area contributed by atoms with E-state index in [9.17, 15) is 4.79 Å². The summed E-state index contributed by atoms with van der Waals surface area (Å²) in [5.41, 5.74) is 3.12. The number of aryl methyl sites for hydroxylation is 2. The van der Waals surface area contributed by atoms with Crippen molar-refractivity contribution in [2.75, 3.05) is 25.0 Å². The van der Waals surface area contributed by atoms with Crippen LogP contribution < -0.4 is 15.5 Å². The summed E-state index contributed by atoms with van der Waals surface area (Å²) in [5, 5.41) is 6.39. The van der Waals surface area contributed by atoms with Crippen molar-refractivity contribution >= 4 is 11.7 Å². The Morgan fingerprint density at radius 1 is 1.19 bits per heavy atom. The van der Waals surface area contributed by atoms with Gasteiger partial charge in [0.05, 0.1) is 6.04 Å². The van der Waals surface area contributed by atoms with Gasteiger partial charge in [-0.1, -0.05) is 0 Å². The van der Waals surface area contributed by atoms with E-state index >= 15 is 0 Å². The summed E-state index contributed by atoms with van der Waals surface area (Å²) in [6, 6.07) is 0.704. The number of carbonyl (C=O) groups excluding carboxylic acids is 1. The molecule has 1 amide bonds. The Hall–Kier alpha value is -2.48. The maximum Gasteiger partial charge on any atom is 0.288 e. The van der Waals surface area contributed by atoms with Crippen LogP contribution in [0, 0.1) is 20.8 Å². The van der Waals surface area contributed by atoms with Crippen LogP contribution in [-0.2, 0) is 6.54 Å². The standard InChI is InChI=1S/C19H27N7O/c1-11-9-21-18-15(6-8-26(11)18)23-14-5-7-25(10-14)17-12(2)13(3)22-16(24-17)19(27)20-4/h9,14-15,23H,5-8,10H2,1-4H3,(H,20,27)/t14-,15?/m1/s1. The molecule has 2 aromatic rings. The zero-order valence-corrected chi connectivity index (χ0v) is 16.4. The molecule has 0 bridgehead atoms. The van der Waals surface area contributed by atoms with Crippen LogP contribution in [-0.4, -0.2) is 51.6 Å². The van der Waals surface area contributed by atoms with Crippen molar-refractivity contribution in [3.63, 3.8) is 0 Å². The highest BCUT2D eigenvalue weighted by atomic mass is 16.2. The highest BCUT2D eigenvalue weighted by molar-refractivity contribution is 5.90. The molecule has 1 saturated heterocycles. The molecular weight excluding hydrogens is 342 g/mol. The molecule has 8 nitrogen and oxygen atoms in total. The van der Waals surface area contributed by atoms with E-state index in [4.69, 9.17) is 0 Å². The zero-order valence-electron chi connectivity index (χ0n) is 16.4. The van der Waals surface area contributed by atoms with Gasteiger partial charge in [-0.2, -0.15) is 0 Å². The quantitative estimate of drug-likeness (QED) is 0.844. The first kappa shape index (κ1) is 17.9. The minimum atomic E-state index is -0.249. The van der Waals surface area contributed by atoms with E-state index in [1.807, 2.05) is 20.0 Å². The lowest BCUT2D eigenvalue weighted by atomic mass is 10.2. The third kappa shape index (κ3) is 3.18. The van der Waals surface area contributed by atoms with Crippen LogP contribution in [0.5, 0.6) is 0 Å². The predicted octanol–water partition coefficient (Wildman–Crippen LogP) is 1.27. The molecular formula is C19H27N7O. The van der Waals surface area contributed by atoms with Gasteiger partial charge in [-0.05, 0) is 33.6 Å². The van der Waals surface area contributed by atoms with Gasteiger partial charge in [0.15, 0.2) is 0 Å². The summed E-state index contributed by atoms with van der Waals surface area (Å²) in [6.07, 6.45) is 4.10. The topological polar surface area (TPSA) is 88.0 Å². The lowest BCUT2D eigenvalue weighted by Gasteiger charge is -2.22. The number of amides is 1. The van der Waals surface area contributed by atoms with E-state index < -0.39 is 0 Å². The average Bonchev–Trinajstić information content (AvgIpc) is 3.36. The molecule has 2 atom stereocenters. The van der Waals surface area contributed by atoms with Gasteiger partial charge in [-0.15, -0.1) is 0 Å². The number of hydrogen-bond acceptors (Lipinski definition) is 6. The first-order valence-corrected chi connectivity index (χ1v) is 9.58. The molecule has 8 heteroatoms. The molecule has 144 valence electrons. The molecule has 0 aliphatic carbocycles. The maximum atomic E-state index is 12.0. The number of nitrogens with one attached hydrogen (secondary N) is 2. The number of hydrogen-bond donors (Lipinski definition) is 2. The number of carbonyl (C=O) groups is 1. The summed E-state index contributed by atoms with van der Waals surface area (Å²) in [7, 11) is 1.60. The van der Waals surface area contributed by atoms with E-state index in [-0.39, 0.29) is 11.7 Å². The second-order valence-corrected chi connectivity index (χ2v) is 7.51. The molecule has 4 rings (SSSR count). The van der Waals surface area contributed by atoms with Crippen molar-refractivity contribution in [1.82, 2.24) is 30.2 Å². The van der Waals surface area contributed by atoms with Crippen LogP contribution in [0.15, 0.2) is 6.20 Å². The average molecular weight is 369 g/mol. The lowest BCUT2D eigenvalue weighted by molar-refractivity contribution is 0.0952. The number of imidazole rings is 1. The number of anilines is 1. The number of nitrogens with zero attached hydrogens (tertiary/aromatic N) is 5. The molecule has 2 aromatic heterocycles. The Bertz CT molecular complexity index is 875. The number of aromatic nitrogens is 4. The monoisotopic (exact) mass is 369 g/mol. The fourth-order valence-corrected chi connectivity index (χ4v) is 4.10. The van der Waals surface area contributed by atoms with Gasteiger partial charge in [0.25, 0.3) is 5.91 Å². The maximum absolute atomic E-state index is 12.0. The van der Waals surface area contributed by atoms with Crippen LogP contribution in [0.4, 0.5) is 5.82 Å². The molecule has 0 saturated carbocycles. The number of rotatable bonds is 4. The van der Waals surface area contributed by atoms with E-state index in [0.717, 1.165) is 55.4 Å². The van der Waals surface area contributed by atoms with Crippen LogP contribution in [0.1, 0.15) is 52.3 Å². The van der Waals surface area contributed by atoms with Crippen molar-refractivity contribution in [3.8, 4) is 0 Å². The van der Waals surface area contributed by atoms with Crippen molar-refractivity contribution in [1.29, 1.82) is 0 Å². The fourth-order valence-electron chi connectivity index (χ4n) is 4.10. The van der Waals surface area contributed by atoms with Crippen molar-refractivity contribution < 1.29 is 4.79 Å². The molecule has 2 aliphatic heterocycles. The Morgan fingerprint density at radius 3 is 2.78 bits per heavy atom. The first-order chi connectivity index (χ1) is 13.0. The molecule has 27 heavy (non-hydrogen) atoms. The fraction of sp³-hybridized carbons (Fsp3) is 0.579. The van der Waals surface area contributed by atoms with Crippen LogP contribution in [0.2, 0.25) is 0 Å². The van der Waals surface area contributed by atoms with Crippen molar-refractivity contribution in [2.24, 2.45) is 0 Å².